The van der Waals surface area contributed by atoms with E-state index in [2.05, 4.69) is 20.8 Å². The van der Waals surface area contributed by atoms with Gasteiger partial charge in [-0.3, -0.25) is 0 Å². The van der Waals surface area contributed by atoms with E-state index in [0.717, 1.165) is 18.4 Å². The predicted molar refractivity (Wildman–Crippen MR) is 38.4 cm³/mol. The molecule has 0 amide bonds. The van der Waals surface area contributed by atoms with E-state index in [1.54, 1.807) is 0 Å². The Bertz CT molecular complexity index is 90.6. The summed E-state index contributed by atoms with van der Waals surface area (Å²) in [6.07, 6.45) is 1.82. The molecular formula is C8H16O. The van der Waals surface area contributed by atoms with Crippen molar-refractivity contribution in [3.05, 3.63) is 0 Å². The van der Waals surface area contributed by atoms with Crippen molar-refractivity contribution in [1.82, 2.24) is 0 Å². The maximum atomic E-state index is 5.50. The summed E-state index contributed by atoms with van der Waals surface area (Å²) in [5.74, 6) is 1.53. The van der Waals surface area contributed by atoms with Crippen LogP contribution in [-0.2, 0) is 4.74 Å². The summed E-state index contributed by atoms with van der Waals surface area (Å²) in [6.45, 7) is 7.64. The Morgan fingerprint density at radius 2 is 1.89 bits per heavy atom. The summed E-state index contributed by atoms with van der Waals surface area (Å²) in [5, 5.41) is 0. The van der Waals surface area contributed by atoms with Gasteiger partial charge in [0.05, 0.1) is 6.10 Å². The van der Waals surface area contributed by atoms with E-state index in [4.69, 9.17) is 4.74 Å². The van der Waals surface area contributed by atoms with Crippen molar-refractivity contribution in [3.8, 4) is 0 Å². The van der Waals surface area contributed by atoms with Crippen molar-refractivity contribution in [2.45, 2.75) is 33.3 Å². The van der Waals surface area contributed by atoms with Crippen molar-refractivity contribution in [2.75, 3.05) is 6.61 Å². The first-order chi connectivity index (χ1) is 4.20. The van der Waals surface area contributed by atoms with E-state index in [1.165, 1.54) is 6.42 Å². The molecule has 1 fully saturated rings. The van der Waals surface area contributed by atoms with Gasteiger partial charge in [0, 0.05) is 6.61 Å². The van der Waals surface area contributed by atoms with Crippen molar-refractivity contribution < 1.29 is 4.74 Å². The van der Waals surface area contributed by atoms with Gasteiger partial charge in [0.2, 0.25) is 0 Å². The average molecular weight is 128 g/mol. The highest BCUT2D eigenvalue weighted by atomic mass is 16.5. The second-order valence-electron chi connectivity index (χ2n) is 3.36. The van der Waals surface area contributed by atoms with Gasteiger partial charge in [-0.25, -0.2) is 0 Å². The van der Waals surface area contributed by atoms with Gasteiger partial charge in [-0.05, 0) is 25.2 Å². The highest BCUT2D eigenvalue weighted by Crippen LogP contribution is 2.23. The monoisotopic (exact) mass is 128 g/mol. The zero-order valence-corrected chi connectivity index (χ0v) is 6.55. The zero-order chi connectivity index (χ0) is 6.85. The Kier molecular flexibility index (Phi) is 2.12. The molecule has 1 nitrogen and oxygen atoms in total. The molecule has 1 rings (SSSR count). The lowest BCUT2D eigenvalue weighted by Crippen LogP contribution is -2.29. The smallest absolute Gasteiger partial charge is 0.0572 e. The molecule has 3 atom stereocenters. The molecule has 1 aliphatic rings. The fraction of sp³-hybridized carbons (Fsp3) is 1.00. The fourth-order valence-corrected chi connectivity index (χ4v) is 1.37. The lowest BCUT2D eigenvalue weighted by atomic mass is 9.91. The SMILES string of the molecule is CC1COC(C)[C@@H](C)C1. The van der Waals surface area contributed by atoms with Crippen LogP contribution in [0.4, 0.5) is 0 Å². The van der Waals surface area contributed by atoms with E-state index >= 15 is 0 Å². The van der Waals surface area contributed by atoms with E-state index in [9.17, 15) is 0 Å². The Balaban J connectivity index is 2.35. The Hall–Kier alpha value is -0.0400. The van der Waals surface area contributed by atoms with E-state index in [1.807, 2.05) is 0 Å². The molecule has 0 aromatic heterocycles. The third-order valence-electron chi connectivity index (χ3n) is 2.22. The molecule has 2 unspecified atom stereocenters. The third kappa shape index (κ3) is 1.68. The summed E-state index contributed by atoms with van der Waals surface area (Å²) in [4.78, 5) is 0. The van der Waals surface area contributed by atoms with E-state index in [0.29, 0.717) is 6.10 Å². The predicted octanol–water partition coefficient (Wildman–Crippen LogP) is 2.07. The Morgan fingerprint density at radius 3 is 2.33 bits per heavy atom. The molecule has 0 bridgehead atoms. The fourth-order valence-electron chi connectivity index (χ4n) is 1.37. The normalized spacial score (nSPS) is 45.0. The lowest BCUT2D eigenvalue weighted by Gasteiger charge is -2.30. The van der Waals surface area contributed by atoms with Crippen molar-refractivity contribution in [1.29, 1.82) is 0 Å². The van der Waals surface area contributed by atoms with Crippen LogP contribution in [0.2, 0.25) is 0 Å². The van der Waals surface area contributed by atoms with Gasteiger partial charge in [0.1, 0.15) is 0 Å². The molecular weight excluding hydrogens is 112 g/mol. The van der Waals surface area contributed by atoms with Crippen molar-refractivity contribution in [2.24, 2.45) is 11.8 Å². The van der Waals surface area contributed by atoms with Crippen LogP contribution >= 0.6 is 0 Å². The molecule has 0 aromatic carbocycles. The van der Waals surface area contributed by atoms with Gasteiger partial charge in [-0.2, -0.15) is 0 Å². The van der Waals surface area contributed by atoms with Gasteiger partial charge in [0.15, 0.2) is 0 Å². The van der Waals surface area contributed by atoms with Crippen LogP contribution in [0.3, 0.4) is 0 Å². The average Bonchev–Trinajstić information content (AvgIpc) is 1.80. The minimum atomic E-state index is 0.487. The number of ether oxygens (including phenoxy) is 1. The summed E-state index contributed by atoms with van der Waals surface area (Å²) < 4.78 is 5.50. The van der Waals surface area contributed by atoms with Crippen molar-refractivity contribution in [3.63, 3.8) is 0 Å². The first-order valence-electron chi connectivity index (χ1n) is 3.81. The minimum Gasteiger partial charge on any atom is -0.378 e. The molecule has 0 radical (unpaired) electrons. The van der Waals surface area contributed by atoms with Crippen LogP contribution in [0.25, 0.3) is 0 Å². The molecule has 1 heterocycles. The molecule has 1 heteroatoms. The second-order valence-corrected chi connectivity index (χ2v) is 3.36. The standard InChI is InChI=1S/C8H16O/c1-6-4-7(2)8(3)9-5-6/h6-8H,4-5H2,1-3H3/t6?,7-,8?/m0/s1. The van der Waals surface area contributed by atoms with E-state index in [-0.39, 0.29) is 0 Å². The molecule has 0 aliphatic carbocycles. The molecule has 54 valence electrons. The van der Waals surface area contributed by atoms with Crippen LogP contribution in [0, 0.1) is 11.8 Å². The molecule has 0 aromatic rings. The van der Waals surface area contributed by atoms with Gasteiger partial charge in [0.25, 0.3) is 0 Å². The first-order valence-corrected chi connectivity index (χ1v) is 3.81. The maximum absolute atomic E-state index is 5.50. The molecule has 0 saturated carbocycles. The van der Waals surface area contributed by atoms with Crippen LogP contribution in [0.15, 0.2) is 0 Å². The largest absolute Gasteiger partial charge is 0.378 e. The third-order valence-corrected chi connectivity index (χ3v) is 2.22. The lowest BCUT2D eigenvalue weighted by molar-refractivity contribution is -0.0351. The molecule has 0 N–H and O–H groups in total. The van der Waals surface area contributed by atoms with Crippen LogP contribution in [0.1, 0.15) is 27.2 Å². The Labute approximate surface area is 57.4 Å². The van der Waals surface area contributed by atoms with Gasteiger partial charge in [-0.15, -0.1) is 0 Å². The van der Waals surface area contributed by atoms with Gasteiger partial charge < -0.3 is 4.74 Å². The van der Waals surface area contributed by atoms with Crippen LogP contribution < -0.4 is 0 Å². The first kappa shape index (κ1) is 7.07. The highest BCUT2D eigenvalue weighted by molar-refractivity contribution is 4.70. The maximum Gasteiger partial charge on any atom is 0.0572 e. The number of hydrogen-bond donors (Lipinski definition) is 0. The van der Waals surface area contributed by atoms with Crippen molar-refractivity contribution >= 4 is 0 Å². The van der Waals surface area contributed by atoms with Crippen LogP contribution in [-0.4, -0.2) is 12.7 Å². The zero-order valence-electron chi connectivity index (χ0n) is 6.55. The van der Waals surface area contributed by atoms with Gasteiger partial charge >= 0.3 is 0 Å². The van der Waals surface area contributed by atoms with E-state index < -0.39 is 0 Å². The van der Waals surface area contributed by atoms with Crippen LogP contribution in [0.5, 0.6) is 0 Å². The summed E-state index contributed by atoms with van der Waals surface area (Å²) >= 11 is 0. The molecule has 0 spiro atoms. The summed E-state index contributed by atoms with van der Waals surface area (Å²) in [7, 11) is 0. The summed E-state index contributed by atoms with van der Waals surface area (Å²) in [6, 6.07) is 0. The molecule has 1 aliphatic heterocycles. The molecule has 1 saturated heterocycles. The quantitative estimate of drug-likeness (QED) is 0.485. The Morgan fingerprint density at radius 1 is 1.22 bits per heavy atom. The topological polar surface area (TPSA) is 9.23 Å². The minimum absolute atomic E-state index is 0.487. The number of rotatable bonds is 0. The molecule has 9 heavy (non-hydrogen) atoms. The van der Waals surface area contributed by atoms with Gasteiger partial charge in [-0.1, -0.05) is 13.8 Å². The number of hydrogen-bond acceptors (Lipinski definition) is 1. The highest BCUT2D eigenvalue weighted by Gasteiger charge is 2.21. The summed E-state index contributed by atoms with van der Waals surface area (Å²) in [5.41, 5.74) is 0. The second kappa shape index (κ2) is 2.70.